The Morgan fingerprint density at radius 2 is 1.69 bits per heavy atom. The number of hydrogen-bond donors (Lipinski definition) is 1. The van der Waals surface area contributed by atoms with Gasteiger partial charge in [0.05, 0.1) is 17.7 Å². The molecule has 4 rings (SSSR count). The standard InChI is InChI=1S/C24H23N3O4S/c1-13(2)31-18-11-9-17(10-12-18)21(28)19-20(16-7-5-14(3)6-8-16)27(23(30)22(19)29)24-26-25-15(4)32-24/h5-13,20,28H,1-4H3. The quantitative estimate of drug-likeness (QED) is 0.349. The van der Waals surface area contributed by atoms with Crippen LogP contribution in [0.25, 0.3) is 5.76 Å². The molecule has 7 nitrogen and oxygen atoms in total. The molecule has 0 aliphatic carbocycles. The lowest BCUT2D eigenvalue weighted by atomic mass is 9.95. The number of ketones is 1. The second kappa shape index (κ2) is 8.55. The Labute approximate surface area is 190 Å². The summed E-state index contributed by atoms with van der Waals surface area (Å²) in [6.45, 7) is 7.58. The predicted molar refractivity (Wildman–Crippen MR) is 123 cm³/mol. The van der Waals surface area contributed by atoms with E-state index in [4.69, 9.17) is 4.74 Å². The van der Waals surface area contributed by atoms with Crippen LogP contribution >= 0.6 is 11.3 Å². The number of benzene rings is 2. The summed E-state index contributed by atoms with van der Waals surface area (Å²) in [7, 11) is 0. The molecule has 3 aromatic rings. The number of carbonyl (C=O) groups excluding carboxylic acids is 2. The van der Waals surface area contributed by atoms with Crippen LogP contribution in [0.1, 0.15) is 41.6 Å². The van der Waals surface area contributed by atoms with Crippen LogP contribution in [0.2, 0.25) is 0 Å². The first-order chi connectivity index (χ1) is 15.3. The SMILES string of the molecule is Cc1ccc(C2C(=C(O)c3ccc(OC(C)C)cc3)C(=O)C(=O)N2c2nnc(C)s2)cc1. The summed E-state index contributed by atoms with van der Waals surface area (Å²) in [4.78, 5) is 27.5. The third-order valence-corrected chi connectivity index (χ3v) is 5.90. The molecule has 0 bridgehead atoms. The minimum Gasteiger partial charge on any atom is -0.507 e. The Balaban J connectivity index is 1.85. The summed E-state index contributed by atoms with van der Waals surface area (Å²) in [6, 6.07) is 13.5. The fourth-order valence-corrected chi connectivity index (χ4v) is 4.31. The first-order valence-corrected chi connectivity index (χ1v) is 11.0. The maximum atomic E-state index is 13.1. The summed E-state index contributed by atoms with van der Waals surface area (Å²) in [6.07, 6.45) is 0.0108. The van der Waals surface area contributed by atoms with Crippen molar-refractivity contribution >= 4 is 33.9 Å². The van der Waals surface area contributed by atoms with Crippen LogP contribution in [-0.2, 0) is 9.59 Å². The van der Waals surface area contributed by atoms with E-state index in [1.807, 2.05) is 45.0 Å². The molecule has 1 amide bonds. The average molecular weight is 450 g/mol. The van der Waals surface area contributed by atoms with Crippen LogP contribution < -0.4 is 9.64 Å². The number of aliphatic hydroxyl groups is 1. The molecule has 164 valence electrons. The lowest BCUT2D eigenvalue weighted by Crippen LogP contribution is -2.29. The molecule has 1 saturated heterocycles. The van der Waals surface area contributed by atoms with Crippen molar-refractivity contribution in [3.63, 3.8) is 0 Å². The molecule has 1 aliphatic heterocycles. The van der Waals surface area contributed by atoms with Gasteiger partial charge in [-0.1, -0.05) is 41.2 Å². The Morgan fingerprint density at radius 3 is 2.25 bits per heavy atom. The zero-order valence-electron chi connectivity index (χ0n) is 18.2. The van der Waals surface area contributed by atoms with Gasteiger partial charge in [-0.15, -0.1) is 10.2 Å². The number of ether oxygens (including phenoxy) is 1. The van der Waals surface area contributed by atoms with Crippen LogP contribution in [0.4, 0.5) is 5.13 Å². The highest BCUT2D eigenvalue weighted by molar-refractivity contribution is 7.15. The first-order valence-electron chi connectivity index (χ1n) is 10.2. The maximum Gasteiger partial charge on any atom is 0.301 e. The topological polar surface area (TPSA) is 92.6 Å². The highest BCUT2D eigenvalue weighted by atomic mass is 32.1. The van der Waals surface area contributed by atoms with E-state index in [1.165, 1.54) is 16.2 Å². The van der Waals surface area contributed by atoms with Crippen molar-refractivity contribution in [3.05, 3.63) is 75.8 Å². The number of rotatable bonds is 5. The normalized spacial score (nSPS) is 17.9. The Bertz CT molecular complexity index is 1200. The number of hydrogen-bond acceptors (Lipinski definition) is 7. The highest BCUT2D eigenvalue weighted by Gasteiger charge is 2.48. The van der Waals surface area contributed by atoms with Crippen molar-refractivity contribution in [2.45, 2.75) is 39.8 Å². The van der Waals surface area contributed by atoms with E-state index in [0.717, 1.165) is 5.56 Å². The third kappa shape index (κ3) is 4.01. The van der Waals surface area contributed by atoms with E-state index >= 15 is 0 Å². The van der Waals surface area contributed by atoms with Crippen LogP contribution in [0, 0.1) is 13.8 Å². The average Bonchev–Trinajstić information content (AvgIpc) is 3.29. The summed E-state index contributed by atoms with van der Waals surface area (Å²) < 4.78 is 5.65. The van der Waals surface area contributed by atoms with Gasteiger partial charge >= 0.3 is 5.91 Å². The zero-order chi connectivity index (χ0) is 23.0. The summed E-state index contributed by atoms with van der Waals surface area (Å²) in [5.74, 6) is -1.10. The van der Waals surface area contributed by atoms with E-state index in [-0.39, 0.29) is 17.4 Å². The van der Waals surface area contributed by atoms with Gasteiger partial charge in [0.1, 0.15) is 16.5 Å². The number of nitrogens with zero attached hydrogens (tertiary/aromatic N) is 3. The van der Waals surface area contributed by atoms with E-state index in [0.29, 0.717) is 27.0 Å². The molecule has 8 heteroatoms. The van der Waals surface area contributed by atoms with E-state index in [9.17, 15) is 14.7 Å². The van der Waals surface area contributed by atoms with Gasteiger partial charge in [-0.2, -0.15) is 0 Å². The van der Waals surface area contributed by atoms with Gasteiger partial charge in [0.15, 0.2) is 0 Å². The summed E-state index contributed by atoms with van der Waals surface area (Å²) in [5.41, 5.74) is 2.18. The fourth-order valence-electron chi connectivity index (χ4n) is 3.60. The summed E-state index contributed by atoms with van der Waals surface area (Å²) in [5, 5.41) is 20.2. The molecular weight excluding hydrogens is 426 g/mol. The van der Waals surface area contributed by atoms with E-state index in [2.05, 4.69) is 10.2 Å². The smallest absolute Gasteiger partial charge is 0.301 e. The van der Waals surface area contributed by atoms with Crippen LogP contribution in [-0.4, -0.2) is 33.1 Å². The lowest BCUT2D eigenvalue weighted by molar-refractivity contribution is -0.132. The Hall–Kier alpha value is -3.52. The minimum atomic E-state index is -0.811. The molecule has 0 radical (unpaired) electrons. The van der Waals surface area contributed by atoms with Crippen LogP contribution in [0.15, 0.2) is 54.1 Å². The lowest BCUT2D eigenvalue weighted by Gasteiger charge is -2.22. The molecule has 2 aromatic carbocycles. The van der Waals surface area contributed by atoms with Crippen molar-refractivity contribution in [2.24, 2.45) is 0 Å². The van der Waals surface area contributed by atoms with Crippen molar-refractivity contribution in [3.8, 4) is 5.75 Å². The number of aromatic nitrogens is 2. The van der Waals surface area contributed by atoms with Crippen molar-refractivity contribution in [2.75, 3.05) is 4.90 Å². The highest BCUT2D eigenvalue weighted by Crippen LogP contribution is 2.43. The molecule has 1 N–H and O–H groups in total. The molecule has 1 aromatic heterocycles. The number of anilines is 1. The second-order valence-electron chi connectivity index (χ2n) is 7.87. The zero-order valence-corrected chi connectivity index (χ0v) is 19.0. The predicted octanol–water partition coefficient (Wildman–Crippen LogP) is 4.57. The molecule has 0 saturated carbocycles. The molecule has 2 heterocycles. The third-order valence-electron chi connectivity index (χ3n) is 5.06. The van der Waals surface area contributed by atoms with E-state index in [1.54, 1.807) is 31.2 Å². The van der Waals surface area contributed by atoms with Crippen molar-refractivity contribution < 1.29 is 19.4 Å². The number of aryl methyl sites for hydroxylation is 2. The van der Waals surface area contributed by atoms with Gasteiger partial charge in [-0.25, -0.2) is 0 Å². The molecule has 1 aliphatic rings. The molecule has 1 atom stereocenters. The van der Waals surface area contributed by atoms with Gasteiger partial charge in [-0.05, 0) is 57.5 Å². The van der Waals surface area contributed by atoms with Crippen molar-refractivity contribution in [1.82, 2.24) is 10.2 Å². The van der Waals surface area contributed by atoms with E-state index < -0.39 is 17.7 Å². The van der Waals surface area contributed by atoms with Crippen LogP contribution in [0.3, 0.4) is 0 Å². The van der Waals surface area contributed by atoms with Gasteiger partial charge in [0, 0.05) is 5.56 Å². The number of amides is 1. The Morgan fingerprint density at radius 1 is 1.03 bits per heavy atom. The molecule has 1 unspecified atom stereocenters. The molecule has 0 spiro atoms. The van der Waals surface area contributed by atoms with Gasteiger partial charge in [0.25, 0.3) is 5.78 Å². The summed E-state index contributed by atoms with van der Waals surface area (Å²) >= 11 is 1.22. The van der Waals surface area contributed by atoms with Gasteiger partial charge in [-0.3, -0.25) is 14.5 Å². The second-order valence-corrected chi connectivity index (χ2v) is 9.03. The molecule has 1 fully saturated rings. The minimum absolute atomic E-state index is 0.0108. The number of aliphatic hydroxyl groups excluding tert-OH is 1. The van der Waals surface area contributed by atoms with Gasteiger partial charge in [0.2, 0.25) is 5.13 Å². The first kappa shape index (κ1) is 21.7. The largest absolute Gasteiger partial charge is 0.507 e. The van der Waals surface area contributed by atoms with Crippen LogP contribution in [0.5, 0.6) is 5.75 Å². The monoisotopic (exact) mass is 449 g/mol. The number of carbonyl (C=O) groups is 2. The maximum absolute atomic E-state index is 13.1. The molecule has 32 heavy (non-hydrogen) atoms. The fraction of sp³-hybridized carbons (Fsp3) is 0.250. The molecular formula is C24H23N3O4S. The van der Waals surface area contributed by atoms with Crippen molar-refractivity contribution in [1.29, 1.82) is 0 Å². The van der Waals surface area contributed by atoms with Gasteiger partial charge < -0.3 is 9.84 Å². The number of Topliss-reactive ketones (excluding diaryl/α,β-unsaturated/α-hetero) is 1. The Kier molecular flexibility index (Phi) is 5.80.